The lowest BCUT2D eigenvalue weighted by Crippen LogP contribution is -2.08. The SMILES string of the molecule is [SiH3]O[SiH2][SiH2]O[SiH3]. The first-order chi connectivity index (χ1) is 2.91. The molecule has 0 amide bonds. The van der Waals surface area contributed by atoms with Gasteiger partial charge in [-0.3, -0.25) is 0 Å². The Balaban J connectivity index is 2.34. The average Bonchev–Trinajstić information content (AvgIpc) is 1.61. The van der Waals surface area contributed by atoms with Crippen LogP contribution >= 0.6 is 0 Å². The van der Waals surface area contributed by atoms with Gasteiger partial charge in [-0.25, -0.2) is 0 Å². The van der Waals surface area contributed by atoms with E-state index >= 15 is 0 Å². The molecule has 0 N–H and O–H groups in total. The van der Waals surface area contributed by atoms with Crippen molar-refractivity contribution in [1.29, 1.82) is 0 Å². The summed E-state index contributed by atoms with van der Waals surface area (Å²) in [4.78, 5) is 0. The first-order valence-electron chi connectivity index (χ1n) is 1.89. The standard InChI is InChI=1S/H10O2Si4/c3-1-5-6-2-4/h5-6H2,3-4H3. The molecular formula is H10O2Si4. The summed E-state index contributed by atoms with van der Waals surface area (Å²) in [5.41, 5.74) is 0. The number of hydrogen-bond acceptors (Lipinski definition) is 2. The summed E-state index contributed by atoms with van der Waals surface area (Å²) in [6.45, 7) is 0. The fraction of sp³-hybridized carbons (Fsp3) is 0. The lowest BCUT2D eigenvalue weighted by atomic mass is 15.8. The molecule has 6 heavy (non-hydrogen) atoms. The van der Waals surface area contributed by atoms with Crippen molar-refractivity contribution in [2.75, 3.05) is 0 Å². The Morgan fingerprint density at radius 2 is 1.33 bits per heavy atom. The Hall–Kier alpha value is 0.788. The van der Waals surface area contributed by atoms with Crippen molar-refractivity contribution < 1.29 is 8.23 Å². The predicted molar refractivity (Wildman–Crippen MR) is 39.1 cm³/mol. The van der Waals surface area contributed by atoms with Crippen LogP contribution in [0.3, 0.4) is 0 Å². The second-order valence-corrected chi connectivity index (χ2v) is 8.87. The van der Waals surface area contributed by atoms with Gasteiger partial charge >= 0.3 is 0 Å². The summed E-state index contributed by atoms with van der Waals surface area (Å²) in [6.07, 6.45) is 0. The van der Waals surface area contributed by atoms with Gasteiger partial charge in [-0.15, -0.1) is 0 Å². The van der Waals surface area contributed by atoms with E-state index in [1.54, 1.807) is 0 Å². The van der Waals surface area contributed by atoms with E-state index in [-0.39, 0.29) is 18.6 Å². The lowest BCUT2D eigenvalue weighted by molar-refractivity contribution is 0.646. The molecule has 0 rings (SSSR count). The van der Waals surface area contributed by atoms with Gasteiger partial charge in [0, 0.05) is 0 Å². The van der Waals surface area contributed by atoms with Crippen LogP contribution in [0.5, 0.6) is 0 Å². The highest BCUT2D eigenvalue weighted by atomic mass is 29.2. The van der Waals surface area contributed by atoms with Crippen molar-refractivity contribution in [3.8, 4) is 0 Å². The summed E-state index contributed by atoms with van der Waals surface area (Å²) in [7, 11) is 1.74. The molecule has 0 radical (unpaired) electrons. The molecule has 0 heterocycles. The molecular weight excluding hydrogens is 144 g/mol. The van der Waals surface area contributed by atoms with Crippen LogP contribution in [0.25, 0.3) is 0 Å². The van der Waals surface area contributed by atoms with E-state index in [1.807, 2.05) is 0 Å². The Bertz CT molecular complexity index is 17.5. The minimum absolute atomic E-state index is 0.0652. The zero-order valence-electron chi connectivity index (χ0n) is 4.23. The average molecular weight is 154 g/mol. The molecule has 0 atom stereocenters. The third kappa shape index (κ3) is 4.79. The second-order valence-electron chi connectivity index (χ2n) is 0.986. The van der Waals surface area contributed by atoms with Gasteiger partial charge in [-0.05, 0) is 0 Å². The first-order valence-corrected chi connectivity index (χ1v) is 8.68. The fourth-order valence-electron chi connectivity index (χ4n) is 0.167. The molecule has 0 aliphatic rings. The molecule has 0 aliphatic carbocycles. The first kappa shape index (κ1) is 6.79. The Morgan fingerprint density at radius 3 is 1.50 bits per heavy atom. The molecule has 0 aliphatic heterocycles. The van der Waals surface area contributed by atoms with Crippen LogP contribution in [-0.2, 0) is 8.23 Å². The summed E-state index contributed by atoms with van der Waals surface area (Å²) >= 11 is 0. The van der Waals surface area contributed by atoms with E-state index in [4.69, 9.17) is 8.23 Å². The Morgan fingerprint density at radius 1 is 1.00 bits per heavy atom. The van der Waals surface area contributed by atoms with Crippen LogP contribution in [0.15, 0.2) is 0 Å². The molecule has 0 saturated heterocycles. The Kier molecular flexibility index (Phi) is 6.55. The molecule has 0 unspecified atom stereocenters. The van der Waals surface area contributed by atoms with Gasteiger partial charge in [-0.1, -0.05) is 0 Å². The van der Waals surface area contributed by atoms with Crippen LogP contribution in [0.1, 0.15) is 0 Å². The van der Waals surface area contributed by atoms with Crippen LogP contribution in [0.4, 0.5) is 0 Å². The number of rotatable bonds is 3. The maximum atomic E-state index is 5.02. The van der Waals surface area contributed by atoms with Gasteiger partial charge in [0.25, 0.3) is 0 Å². The molecule has 2 nitrogen and oxygen atoms in total. The molecule has 38 valence electrons. The van der Waals surface area contributed by atoms with Gasteiger partial charge in [0.05, 0.1) is 0 Å². The lowest BCUT2D eigenvalue weighted by Gasteiger charge is -1.90. The smallest absolute Gasteiger partial charge is 0.157 e. The molecule has 6 heteroatoms. The molecule has 0 aromatic rings. The van der Waals surface area contributed by atoms with E-state index in [0.29, 0.717) is 0 Å². The van der Waals surface area contributed by atoms with Gasteiger partial charge in [0.2, 0.25) is 0 Å². The normalized spacial score (nSPS) is 14.0. The highest BCUT2D eigenvalue weighted by Gasteiger charge is 1.77. The zero-order valence-corrected chi connectivity index (χ0v) is 11.1. The van der Waals surface area contributed by atoms with E-state index in [2.05, 4.69) is 0 Å². The molecule has 0 spiro atoms. The summed E-state index contributed by atoms with van der Waals surface area (Å²) in [6, 6.07) is 0. The van der Waals surface area contributed by atoms with Gasteiger partial charge < -0.3 is 8.23 Å². The third-order valence-electron chi connectivity index (χ3n) is 0.492. The van der Waals surface area contributed by atoms with E-state index in [1.165, 1.54) is 0 Å². The van der Waals surface area contributed by atoms with Gasteiger partial charge in [0.1, 0.15) is 21.0 Å². The summed E-state index contributed by atoms with van der Waals surface area (Å²) in [5.74, 6) is 0. The van der Waals surface area contributed by atoms with Crippen molar-refractivity contribution >= 4 is 39.5 Å². The topological polar surface area (TPSA) is 18.5 Å². The quantitative estimate of drug-likeness (QED) is 0.302. The van der Waals surface area contributed by atoms with Crippen LogP contribution in [0, 0.1) is 0 Å². The van der Waals surface area contributed by atoms with E-state index in [9.17, 15) is 0 Å². The summed E-state index contributed by atoms with van der Waals surface area (Å²) in [5, 5.41) is 0. The molecule has 0 fully saturated rings. The zero-order chi connectivity index (χ0) is 4.83. The van der Waals surface area contributed by atoms with Gasteiger partial charge in [-0.2, -0.15) is 0 Å². The summed E-state index contributed by atoms with van der Waals surface area (Å²) < 4.78 is 10.0. The highest BCUT2D eigenvalue weighted by Crippen LogP contribution is 1.54. The molecule has 0 aromatic carbocycles. The number of hydrogen-bond donors (Lipinski definition) is 0. The largest absolute Gasteiger partial charge is 0.468 e. The minimum atomic E-state index is -0.0652. The maximum Gasteiger partial charge on any atom is 0.157 e. The van der Waals surface area contributed by atoms with Crippen molar-refractivity contribution in [1.82, 2.24) is 0 Å². The monoisotopic (exact) mass is 154 g/mol. The van der Waals surface area contributed by atoms with Gasteiger partial charge in [0.15, 0.2) is 18.6 Å². The molecule has 0 saturated carbocycles. The van der Waals surface area contributed by atoms with Crippen molar-refractivity contribution in [3.63, 3.8) is 0 Å². The fourth-order valence-corrected chi connectivity index (χ4v) is 4.50. The minimum Gasteiger partial charge on any atom is -0.468 e. The second kappa shape index (κ2) is 5.79. The van der Waals surface area contributed by atoms with Crippen molar-refractivity contribution in [2.45, 2.75) is 0 Å². The van der Waals surface area contributed by atoms with Crippen molar-refractivity contribution in [2.24, 2.45) is 0 Å². The van der Waals surface area contributed by atoms with Crippen LogP contribution in [-0.4, -0.2) is 39.5 Å². The Labute approximate surface area is 48.4 Å². The highest BCUT2D eigenvalue weighted by molar-refractivity contribution is 6.95. The van der Waals surface area contributed by atoms with Crippen LogP contribution < -0.4 is 0 Å². The van der Waals surface area contributed by atoms with E-state index < -0.39 is 0 Å². The third-order valence-corrected chi connectivity index (χ3v) is 11.8. The van der Waals surface area contributed by atoms with E-state index in [0.717, 1.165) is 21.0 Å². The van der Waals surface area contributed by atoms with Crippen molar-refractivity contribution in [3.05, 3.63) is 0 Å². The molecule has 0 bridgehead atoms. The predicted octanol–water partition coefficient (Wildman–Crippen LogP) is -4.34. The molecule has 0 aromatic heterocycles. The van der Waals surface area contributed by atoms with Crippen LogP contribution in [0.2, 0.25) is 0 Å². The maximum absolute atomic E-state index is 5.02.